The first-order chi connectivity index (χ1) is 4.09. The molecule has 0 aliphatic heterocycles. The Morgan fingerprint density at radius 1 is 1.78 bits per heavy atom. The number of carbonyl (C=O) groups excluding carboxylic acids is 1. The number of rotatable bonds is 2. The van der Waals surface area contributed by atoms with Crippen molar-refractivity contribution < 1.29 is 9.90 Å². The number of carbonyl (C=O) groups is 1. The van der Waals surface area contributed by atoms with E-state index in [1.54, 1.807) is 6.92 Å². The molecule has 0 heterocycles. The lowest BCUT2D eigenvalue weighted by Gasteiger charge is -2.11. The molecule has 0 saturated carbocycles. The summed E-state index contributed by atoms with van der Waals surface area (Å²) in [7, 11) is 1.45. The van der Waals surface area contributed by atoms with E-state index in [0.29, 0.717) is 0 Å². The van der Waals surface area contributed by atoms with Gasteiger partial charge in [0.15, 0.2) is 0 Å². The smallest absolute Gasteiger partial charge is 0.250 e. The second-order valence-electron chi connectivity index (χ2n) is 1.92. The molecule has 0 radical (unpaired) electrons. The number of aliphatic hydroxyl groups is 1. The number of likely N-dealkylation sites (N-methyl/N-ethyl adjacent to an activating group) is 1. The van der Waals surface area contributed by atoms with E-state index in [-0.39, 0.29) is 0 Å². The molecule has 4 nitrogen and oxygen atoms in total. The van der Waals surface area contributed by atoms with Crippen molar-refractivity contribution >= 4 is 5.91 Å². The molecular weight excluding hydrogens is 120 g/mol. The molecule has 0 bridgehead atoms. The number of hydrogen-bond donors (Lipinski definition) is 3. The summed E-state index contributed by atoms with van der Waals surface area (Å²) in [6.07, 6.45) is -1.09. The molecule has 0 fully saturated rings. The maximum Gasteiger partial charge on any atom is 0.250 e. The van der Waals surface area contributed by atoms with Crippen molar-refractivity contribution in [2.24, 2.45) is 5.73 Å². The predicted octanol–water partition coefficient (Wildman–Crippen LogP) is -1.56. The molecule has 1 amide bonds. The third kappa shape index (κ3) is 2.43. The zero-order valence-corrected chi connectivity index (χ0v) is 5.59. The topological polar surface area (TPSA) is 75.3 Å². The fourth-order valence-corrected chi connectivity index (χ4v) is 0.387. The van der Waals surface area contributed by atoms with E-state index in [1.807, 2.05) is 0 Å². The van der Waals surface area contributed by atoms with E-state index in [2.05, 4.69) is 5.32 Å². The summed E-state index contributed by atoms with van der Waals surface area (Å²) in [5.41, 5.74) is 5.20. The van der Waals surface area contributed by atoms with Crippen molar-refractivity contribution in [1.82, 2.24) is 5.32 Å². The third-order valence-electron chi connectivity index (χ3n) is 1.01. The van der Waals surface area contributed by atoms with Gasteiger partial charge in [0, 0.05) is 13.1 Å². The van der Waals surface area contributed by atoms with Crippen molar-refractivity contribution in [3.63, 3.8) is 0 Å². The average molecular weight is 132 g/mol. The molecule has 2 unspecified atom stereocenters. The first kappa shape index (κ1) is 8.39. The Balaban J connectivity index is 3.72. The Bertz CT molecular complexity index is 103. The van der Waals surface area contributed by atoms with Crippen molar-refractivity contribution in [3.05, 3.63) is 0 Å². The first-order valence-corrected chi connectivity index (χ1v) is 2.75. The van der Waals surface area contributed by atoms with Crippen LogP contribution in [-0.2, 0) is 4.79 Å². The molecular formula is C5H12N2O2. The van der Waals surface area contributed by atoms with E-state index in [1.165, 1.54) is 7.05 Å². The zero-order chi connectivity index (χ0) is 7.44. The molecule has 0 rings (SSSR count). The van der Waals surface area contributed by atoms with E-state index >= 15 is 0 Å². The Hall–Kier alpha value is -0.610. The molecule has 54 valence electrons. The normalized spacial score (nSPS) is 16.4. The number of aliphatic hydroxyl groups excluding tert-OH is 1. The van der Waals surface area contributed by atoms with Gasteiger partial charge < -0.3 is 16.2 Å². The Labute approximate surface area is 54.0 Å². The highest BCUT2D eigenvalue weighted by atomic mass is 16.3. The summed E-state index contributed by atoms with van der Waals surface area (Å²) in [6, 6.07) is -0.509. The Kier molecular flexibility index (Phi) is 3.19. The fourth-order valence-electron chi connectivity index (χ4n) is 0.387. The van der Waals surface area contributed by atoms with Crippen LogP contribution in [0.2, 0.25) is 0 Å². The first-order valence-electron chi connectivity index (χ1n) is 2.75. The van der Waals surface area contributed by atoms with Gasteiger partial charge in [0.2, 0.25) is 5.91 Å². The Morgan fingerprint density at radius 2 is 2.22 bits per heavy atom. The summed E-state index contributed by atoms with van der Waals surface area (Å²) in [6.45, 7) is 1.57. The highest BCUT2D eigenvalue weighted by Gasteiger charge is 2.16. The highest BCUT2D eigenvalue weighted by molar-refractivity contribution is 5.80. The number of amides is 1. The molecule has 0 saturated heterocycles. The second kappa shape index (κ2) is 3.42. The number of nitrogens with one attached hydrogen (secondary N) is 1. The van der Waals surface area contributed by atoms with Crippen molar-refractivity contribution in [1.29, 1.82) is 0 Å². The number of nitrogens with two attached hydrogens (primary N) is 1. The van der Waals surface area contributed by atoms with Gasteiger partial charge in [-0.05, 0) is 6.92 Å². The predicted molar refractivity (Wildman–Crippen MR) is 33.7 cm³/mol. The second-order valence-corrected chi connectivity index (χ2v) is 1.92. The molecule has 4 heteroatoms. The maximum absolute atomic E-state index is 10.5. The van der Waals surface area contributed by atoms with E-state index < -0.39 is 18.1 Å². The van der Waals surface area contributed by atoms with Gasteiger partial charge in [-0.25, -0.2) is 0 Å². The fraction of sp³-hybridized carbons (Fsp3) is 0.800. The van der Waals surface area contributed by atoms with E-state index in [9.17, 15) is 4.79 Å². The Morgan fingerprint density at radius 3 is 2.33 bits per heavy atom. The molecule has 0 aliphatic rings. The summed E-state index contributed by atoms with van der Waals surface area (Å²) < 4.78 is 0. The van der Waals surface area contributed by atoms with Crippen LogP contribution >= 0.6 is 0 Å². The van der Waals surface area contributed by atoms with Crippen molar-refractivity contribution in [3.8, 4) is 0 Å². The lowest BCUT2D eigenvalue weighted by atomic mass is 10.2. The average Bonchev–Trinajstić information content (AvgIpc) is 1.84. The summed E-state index contributed by atoms with van der Waals surface area (Å²) in [5, 5.41) is 11.1. The van der Waals surface area contributed by atoms with Gasteiger partial charge in [0.25, 0.3) is 0 Å². The minimum atomic E-state index is -1.09. The lowest BCUT2D eigenvalue weighted by Crippen LogP contribution is -2.43. The minimum absolute atomic E-state index is 0.440. The SMILES string of the molecule is CNC(=O)C(O)C(C)N. The van der Waals surface area contributed by atoms with Crippen LogP contribution in [0.4, 0.5) is 0 Å². The minimum Gasteiger partial charge on any atom is -0.382 e. The van der Waals surface area contributed by atoms with Crippen LogP contribution in [0.1, 0.15) is 6.92 Å². The molecule has 0 spiro atoms. The molecule has 2 atom stereocenters. The largest absolute Gasteiger partial charge is 0.382 e. The zero-order valence-electron chi connectivity index (χ0n) is 5.59. The van der Waals surface area contributed by atoms with Crippen LogP contribution in [-0.4, -0.2) is 30.2 Å². The van der Waals surface area contributed by atoms with Crippen LogP contribution < -0.4 is 11.1 Å². The van der Waals surface area contributed by atoms with Gasteiger partial charge in [-0.2, -0.15) is 0 Å². The van der Waals surface area contributed by atoms with Crippen LogP contribution in [0.25, 0.3) is 0 Å². The van der Waals surface area contributed by atoms with Crippen LogP contribution in [0.15, 0.2) is 0 Å². The van der Waals surface area contributed by atoms with Crippen molar-refractivity contribution in [2.75, 3.05) is 7.05 Å². The summed E-state index contributed by atoms with van der Waals surface area (Å²) in [4.78, 5) is 10.5. The summed E-state index contributed by atoms with van der Waals surface area (Å²) in [5.74, 6) is -0.440. The number of hydrogen-bond acceptors (Lipinski definition) is 3. The van der Waals surface area contributed by atoms with Gasteiger partial charge in [-0.15, -0.1) is 0 Å². The van der Waals surface area contributed by atoms with Gasteiger partial charge in [-0.1, -0.05) is 0 Å². The molecule has 0 aromatic carbocycles. The van der Waals surface area contributed by atoms with Crippen LogP contribution in [0.3, 0.4) is 0 Å². The molecule has 9 heavy (non-hydrogen) atoms. The van der Waals surface area contributed by atoms with Crippen LogP contribution in [0, 0.1) is 0 Å². The maximum atomic E-state index is 10.5. The molecule has 4 N–H and O–H groups in total. The highest BCUT2D eigenvalue weighted by Crippen LogP contribution is 1.86. The standard InChI is InChI=1S/C5H12N2O2/c1-3(6)4(8)5(9)7-2/h3-4,8H,6H2,1-2H3,(H,7,9). The molecule has 0 aromatic heterocycles. The summed E-state index contributed by atoms with van der Waals surface area (Å²) >= 11 is 0. The van der Waals surface area contributed by atoms with Gasteiger partial charge in [0.1, 0.15) is 6.10 Å². The van der Waals surface area contributed by atoms with Crippen molar-refractivity contribution in [2.45, 2.75) is 19.1 Å². The monoisotopic (exact) mass is 132 g/mol. The van der Waals surface area contributed by atoms with Gasteiger partial charge >= 0.3 is 0 Å². The lowest BCUT2D eigenvalue weighted by molar-refractivity contribution is -0.129. The van der Waals surface area contributed by atoms with E-state index in [0.717, 1.165) is 0 Å². The third-order valence-corrected chi connectivity index (χ3v) is 1.01. The van der Waals surface area contributed by atoms with E-state index in [4.69, 9.17) is 10.8 Å². The molecule has 0 aliphatic carbocycles. The quantitative estimate of drug-likeness (QED) is 0.425. The van der Waals surface area contributed by atoms with Gasteiger partial charge in [-0.3, -0.25) is 4.79 Å². The van der Waals surface area contributed by atoms with Gasteiger partial charge in [0.05, 0.1) is 0 Å². The van der Waals surface area contributed by atoms with Crippen LogP contribution in [0.5, 0.6) is 0 Å². The molecule has 0 aromatic rings.